The largest absolute Gasteiger partial charge is 0.352 e. The maximum Gasteiger partial charge on any atom is 0.234 e. The molecule has 1 aliphatic carbocycles. The molecule has 4 heteroatoms. The standard InChI is InChI=1S/C14H25N3O/c1-2-7-15-14(18)12-16-8-10-17(11-9-16)13-5-3-4-6-13/h2,13H,1,3-12H2,(H,15,18). The molecular weight excluding hydrogens is 226 g/mol. The molecule has 1 amide bonds. The SMILES string of the molecule is C=CCNC(=O)CN1CCN(C2CCCC2)CC1. The minimum absolute atomic E-state index is 0.115. The third kappa shape index (κ3) is 3.82. The zero-order valence-corrected chi connectivity index (χ0v) is 11.2. The first-order valence-corrected chi connectivity index (χ1v) is 7.13. The number of hydrogen-bond acceptors (Lipinski definition) is 3. The van der Waals surface area contributed by atoms with E-state index in [0.29, 0.717) is 13.1 Å². The molecule has 1 N–H and O–H groups in total. The quantitative estimate of drug-likeness (QED) is 0.736. The van der Waals surface area contributed by atoms with E-state index in [1.165, 1.54) is 25.7 Å². The molecule has 4 nitrogen and oxygen atoms in total. The molecular formula is C14H25N3O. The highest BCUT2D eigenvalue weighted by Gasteiger charge is 2.26. The average molecular weight is 251 g/mol. The van der Waals surface area contributed by atoms with Crippen molar-refractivity contribution in [1.82, 2.24) is 15.1 Å². The number of amides is 1. The van der Waals surface area contributed by atoms with Crippen LogP contribution in [0.15, 0.2) is 12.7 Å². The van der Waals surface area contributed by atoms with Crippen LogP contribution in [0.2, 0.25) is 0 Å². The van der Waals surface area contributed by atoms with Crippen molar-refractivity contribution in [2.24, 2.45) is 0 Å². The van der Waals surface area contributed by atoms with Gasteiger partial charge in [-0.05, 0) is 12.8 Å². The van der Waals surface area contributed by atoms with Gasteiger partial charge in [0.1, 0.15) is 0 Å². The van der Waals surface area contributed by atoms with Gasteiger partial charge >= 0.3 is 0 Å². The fraction of sp³-hybridized carbons (Fsp3) is 0.786. The summed E-state index contributed by atoms with van der Waals surface area (Å²) in [6.07, 6.45) is 7.26. The maximum atomic E-state index is 11.6. The Balaban J connectivity index is 1.66. The molecule has 0 atom stereocenters. The fourth-order valence-corrected chi connectivity index (χ4v) is 3.00. The molecule has 0 unspecified atom stereocenters. The Labute approximate surface area is 110 Å². The molecule has 0 aromatic carbocycles. The number of hydrogen-bond donors (Lipinski definition) is 1. The molecule has 1 saturated carbocycles. The Kier molecular flexibility index (Phi) is 5.20. The predicted molar refractivity (Wildman–Crippen MR) is 73.5 cm³/mol. The Morgan fingerprint density at radius 2 is 1.89 bits per heavy atom. The zero-order valence-electron chi connectivity index (χ0n) is 11.2. The van der Waals surface area contributed by atoms with Crippen molar-refractivity contribution in [2.75, 3.05) is 39.3 Å². The third-order valence-corrected chi connectivity index (χ3v) is 4.06. The second-order valence-electron chi connectivity index (χ2n) is 5.34. The zero-order chi connectivity index (χ0) is 12.8. The van der Waals surface area contributed by atoms with Crippen LogP contribution < -0.4 is 5.32 Å². The number of piperazine rings is 1. The normalized spacial score (nSPS) is 23.1. The Morgan fingerprint density at radius 1 is 1.22 bits per heavy atom. The molecule has 0 radical (unpaired) electrons. The first-order chi connectivity index (χ1) is 8.79. The van der Waals surface area contributed by atoms with Gasteiger partial charge in [-0.2, -0.15) is 0 Å². The summed E-state index contributed by atoms with van der Waals surface area (Å²) in [5, 5.41) is 2.83. The minimum atomic E-state index is 0.115. The summed E-state index contributed by atoms with van der Waals surface area (Å²) >= 11 is 0. The molecule has 1 aliphatic heterocycles. The van der Waals surface area contributed by atoms with Crippen molar-refractivity contribution in [3.8, 4) is 0 Å². The van der Waals surface area contributed by atoms with E-state index >= 15 is 0 Å². The van der Waals surface area contributed by atoms with E-state index in [1.807, 2.05) is 0 Å². The van der Waals surface area contributed by atoms with Gasteiger partial charge in [-0.3, -0.25) is 14.6 Å². The summed E-state index contributed by atoms with van der Waals surface area (Å²) in [5.41, 5.74) is 0. The van der Waals surface area contributed by atoms with Crippen molar-refractivity contribution < 1.29 is 4.79 Å². The van der Waals surface area contributed by atoms with Crippen LogP contribution in [-0.2, 0) is 4.79 Å². The summed E-state index contributed by atoms with van der Waals surface area (Å²) in [5.74, 6) is 0.115. The molecule has 0 spiro atoms. The van der Waals surface area contributed by atoms with E-state index in [4.69, 9.17) is 0 Å². The summed E-state index contributed by atoms with van der Waals surface area (Å²) in [6, 6.07) is 0.821. The van der Waals surface area contributed by atoms with Gasteiger partial charge in [0.2, 0.25) is 5.91 Å². The lowest BCUT2D eigenvalue weighted by Crippen LogP contribution is -2.51. The minimum Gasteiger partial charge on any atom is -0.352 e. The molecule has 102 valence electrons. The molecule has 1 saturated heterocycles. The lowest BCUT2D eigenvalue weighted by atomic mass is 10.2. The summed E-state index contributed by atoms with van der Waals surface area (Å²) in [4.78, 5) is 16.5. The number of rotatable bonds is 5. The van der Waals surface area contributed by atoms with Gasteiger partial charge in [0, 0.05) is 38.8 Å². The fourth-order valence-electron chi connectivity index (χ4n) is 3.00. The number of carbonyl (C=O) groups is 1. The van der Waals surface area contributed by atoms with Gasteiger partial charge < -0.3 is 5.32 Å². The van der Waals surface area contributed by atoms with Crippen LogP contribution in [0.25, 0.3) is 0 Å². The monoisotopic (exact) mass is 251 g/mol. The Bertz CT molecular complexity index is 279. The predicted octanol–water partition coefficient (Wildman–Crippen LogP) is 0.849. The molecule has 18 heavy (non-hydrogen) atoms. The lowest BCUT2D eigenvalue weighted by Gasteiger charge is -2.37. The second-order valence-corrected chi connectivity index (χ2v) is 5.34. The van der Waals surface area contributed by atoms with E-state index in [1.54, 1.807) is 6.08 Å². The summed E-state index contributed by atoms with van der Waals surface area (Å²) in [6.45, 7) is 9.00. The van der Waals surface area contributed by atoms with Crippen molar-refractivity contribution in [3.05, 3.63) is 12.7 Å². The van der Waals surface area contributed by atoms with Crippen LogP contribution >= 0.6 is 0 Å². The van der Waals surface area contributed by atoms with E-state index < -0.39 is 0 Å². The first-order valence-electron chi connectivity index (χ1n) is 7.13. The van der Waals surface area contributed by atoms with Gasteiger partial charge in [-0.1, -0.05) is 18.9 Å². The van der Waals surface area contributed by atoms with Crippen LogP contribution in [0.4, 0.5) is 0 Å². The van der Waals surface area contributed by atoms with E-state index in [2.05, 4.69) is 21.7 Å². The van der Waals surface area contributed by atoms with Crippen LogP contribution in [0, 0.1) is 0 Å². The van der Waals surface area contributed by atoms with Crippen molar-refractivity contribution in [2.45, 2.75) is 31.7 Å². The number of nitrogens with zero attached hydrogens (tertiary/aromatic N) is 2. The molecule has 2 fully saturated rings. The number of nitrogens with one attached hydrogen (secondary N) is 1. The molecule has 2 rings (SSSR count). The lowest BCUT2D eigenvalue weighted by molar-refractivity contribution is -0.122. The van der Waals surface area contributed by atoms with Gasteiger partial charge in [-0.15, -0.1) is 6.58 Å². The second kappa shape index (κ2) is 6.90. The van der Waals surface area contributed by atoms with E-state index in [0.717, 1.165) is 32.2 Å². The highest BCUT2D eigenvalue weighted by atomic mass is 16.2. The highest BCUT2D eigenvalue weighted by molar-refractivity contribution is 5.78. The van der Waals surface area contributed by atoms with Gasteiger partial charge in [0.05, 0.1) is 6.54 Å². The van der Waals surface area contributed by atoms with Gasteiger partial charge in [0.15, 0.2) is 0 Å². The third-order valence-electron chi connectivity index (χ3n) is 4.06. The van der Waals surface area contributed by atoms with Crippen molar-refractivity contribution in [1.29, 1.82) is 0 Å². The van der Waals surface area contributed by atoms with E-state index in [-0.39, 0.29) is 5.91 Å². The van der Waals surface area contributed by atoms with Crippen LogP contribution in [0.3, 0.4) is 0 Å². The molecule has 0 aromatic heterocycles. The van der Waals surface area contributed by atoms with Crippen LogP contribution in [0.5, 0.6) is 0 Å². The van der Waals surface area contributed by atoms with E-state index in [9.17, 15) is 4.79 Å². The maximum absolute atomic E-state index is 11.6. The van der Waals surface area contributed by atoms with Crippen LogP contribution in [0.1, 0.15) is 25.7 Å². The molecule has 0 aromatic rings. The Hall–Kier alpha value is -0.870. The topological polar surface area (TPSA) is 35.6 Å². The van der Waals surface area contributed by atoms with Gasteiger partial charge in [0.25, 0.3) is 0 Å². The highest BCUT2D eigenvalue weighted by Crippen LogP contribution is 2.24. The first kappa shape index (κ1) is 13.6. The molecule has 0 bridgehead atoms. The van der Waals surface area contributed by atoms with Crippen molar-refractivity contribution >= 4 is 5.91 Å². The van der Waals surface area contributed by atoms with Crippen LogP contribution in [-0.4, -0.2) is 61.0 Å². The molecule has 1 heterocycles. The van der Waals surface area contributed by atoms with Gasteiger partial charge in [-0.25, -0.2) is 0 Å². The average Bonchev–Trinajstić information content (AvgIpc) is 2.91. The van der Waals surface area contributed by atoms with Crippen molar-refractivity contribution in [3.63, 3.8) is 0 Å². The summed E-state index contributed by atoms with van der Waals surface area (Å²) in [7, 11) is 0. The summed E-state index contributed by atoms with van der Waals surface area (Å²) < 4.78 is 0. The number of carbonyl (C=O) groups excluding carboxylic acids is 1. The Morgan fingerprint density at radius 3 is 2.50 bits per heavy atom. The smallest absolute Gasteiger partial charge is 0.234 e. The molecule has 2 aliphatic rings.